The normalized spacial score (nSPS) is 18.1. The number of carbonyl (C=O) groups is 2. The van der Waals surface area contributed by atoms with Crippen LogP contribution < -0.4 is 5.32 Å². The van der Waals surface area contributed by atoms with Crippen LogP contribution in [0.15, 0.2) is 30.3 Å². The van der Waals surface area contributed by atoms with E-state index in [-0.39, 0.29) is 23.7 Å². The summed E-state index contributed by atoms with van der Waals surface area (Å²) in [6, 6.07) is 9.53. The molecule has 0 saturated carbocycles. The molecule has 28 heavy (non-hydrogen) atoms. The Hall–Kier alpha value is -1.86. The first-order valence-electron chi connectivity index (χ1n) is 9.98. The van der Waals surface area contributed by atoms with Crippen molar-refractivity contribution in [2.45, 2.75) is 64.5 Å². The summed E-state index contributed by atoms with van der Waals surface area (Å²) < 4.78 is 11.6. The Bertz CT molecular complexity index is 658. The smallest absolute Gasteiger partial charge is 0.407 e. The van der Waals surface area contributed by atoms with Gasteiger partial charge in [0.25, 0.3) is 0 Å². The highest BCUT2D eigenvalue weighted by Crippen LogP contribution is 2.38. The average Bonchev–Trinajstić information content (AvgIpc) is 2.61. The molecule has 6 nitrogen and oxygen atoms in total. The van der Waals surface area contributed by atoms with E-state index in [4.69, 9.17) is 9.16 Å². The molecule has 1 heterocycles. The summed E-state index contributed by atoms with van der Waals surface area (Å²) in [6.07, 6.45) is 0.808. The number of piperidine rings is 1. The summed E-state index contributed by atoms with van der Waals surface area (Å²) in [6.45, 7) is 12.8. The van der Waals surface area contributed by atoms with Crippen LogP contribution >= 0.6 is 0 Å². The number of rotatable bonds is 7. The number of likely N-dealkylation sites (tertiary alicyclic amines) is 1. The number of amides is 2. The lowest BCUT2D eigenvalue weighted by atomic mass is 10.1. The number of hydrogen-bond acceptors (Lipinski definition) is 4. The quantitative estimate of drug-likeness (QED) is 0.697. The van der Waals surface area contributed by atoms with Gasteiger partial charge in [-0.25, -0.2) is 4.79 Å². The fourth-order valence-electron chi connectivity index (χ4n) is 2.85. The standard InChI is InChI=1S/C21H34N2O4Si/c1-21(2,3)28(4,5)27-18-11-13-23(19(24)15-18)14-12-22-20(25)26-16-17-9-7-6-8-10-17/h6-10,18H,11-16H2,1-5H3,(H,22,25)/t18-/m1/s1. The van der Waals surface area contributed by atoms with E-state index < -0.39 is 14.4 Å². The van der Waals surface area contributed by atoms with Crippen LogP contribution in [0.4, 0.5) is 4.79 Å². The van der Waals surface area contributed by atoms with Crippen molar-refractivity contribution in [2.24, 2.45) is 0 Å². The third-order valence-electron chi connectivity index (χ3n) is 5.61. The molecule has 2 rings (SSSR count). The Labute approximate surface area is 169 Å². The zero-order valence-corrected chi connectivity index (χ0v) is 18.8. The molecule has 2 amide bonds. The Balaban J connectivity index is 1.68. The van der Waals surface area contributed by atoms with E-state index in [1.54, 1.807) is 4.90 Å². The summed E-state index contributed by atoms with van der Waals surface area (Å²) in [5, 5.41) is 2.85. The van der Waals surface area contributed by atoms with Gasteiger partial charge in [0.2, 0.25) is 5.91 Å². The number of benzene rings is 1. The first kappa shape index (κ1) is 22.4. The van der Waals surface area contributed by atoms with Crippen LogP contribution in [0.25, 0.3) is 0 Å². The Kier molecular flexibility index (Phi) is 7.66. The van der Waals surface area contributed by atoms with Crippen molar-refractivity contribution in [3.05, 3.63) is 35.9 Å². The highest BCUT2D eigenvalue weighted by molar-refractivity contribution is 6.74. The average molecular weight is 407 g/mol. The predicted octanol–water partition coefficient (Wildman–Crippen LogP) is 3.93. The molecule has 1 N–H and O–H groups in total. The Morgan fingerprint density at radius 1 is 1.25 bits per heavy atom. The molecule has 0 aliphatic carbocycles. The molecule has 156 valence electrons. The summed E-state index contributed by atoms with van der Waals surface area (Å²) in [4.78, 5) is 26.0. The molecule has 1 aromatic carbocycles. The van der Waals surface area contributed by atoms with Crippen LogP contribution in [-0.4, -0.2) is 51.0 Å². The van der Waals surface area contributed by atoms with Crippen LogP contribution in [0, 0.1) is 0 Å². The summed E-state index contributed by atoms with van der Waals surface area (Å²) in [5.74, 6) is 0.0920. The van der Waals surface area contributed by atoms with Crippen molar-refractivity contribution in [3.8, 4) is 0 Å². The molecule has 1 aliphatic heterocycles. The number of ether oxygens (including phenoxy) is 1. The third-order valence-corrected chi connectivity index (χ3v) is 10.1. The second-order valence-corrected chi connectivity index (χ2v) is 13.6. The van der Waals surface area contributed by atoms with Gasteiger partial charge < -0.3 is 19.4 Å². The molecule has 0 unspecified atom stereocenters. The second-order valence-electron chi connectivity index (χ2n) is 8.86. The van der Waals surface area contributed by atoms with Gasteiger partial charge in [-0.15, -0.1) is 0 Å². The van der Waals surface area contributed by atoms with Gasteiger partial charge in [0, 0.05) is 19.6 Å². The lowest BCUT2D eigenvalue weighted by Gasteiger charge is -2.41. The van der Waals surface area contributed by atoms with Gasteiger partial charge >= 0.3 is 6.09 Å². The lowest BCUT2D eigenvalue weighted by Crippen LogP contribution is -2.50. The number of carbonyl (C=O) groups excluding carboxylic acids is 2. The molecule has 0 spiro atoms. The molecule has 1 fully saturated rings. The molecule has 0 radical (unpaired) electrons. The molecule has 7 heteroatoms. The van der Waals surface area contributed by atoms with Crippen LogP contribution in [0.5, 0.6) is 0 Å². The van der Waals surface area contributed by atoms with Gasteiger partial charge in [0.05, 0.1) is 12.5 Å². The largest absolute Gasteiger partial charge is 0.445 e. The van der Waals surface area contributed by atoms with E-state index >= 15 is 0 Å². The van der Waals surface area contributed by atoms with Crippen molar-refractivity contribution >= 4 is 20.3 Å². The molecular formula is C21H34N2O4Si. The van der Waals surface area contributed by atoms with Crippen LogP contribution in [-0.2, 0) is 20.6 Å². The van der Waals surface area contributed by atoms with Gasteiger partial charge in [0.15, 0.2) is 8.32 Å². The minimum atomic E-state index is -1.87. The fourth-order valence-corrected chi connectivity index (χ4v) is 4.24. The first-order chi connectivity index (χ1) is 13.1. The van der Waals surface area contributed by atoms with Gasteiger partial charge in [-0.1, -0.05) is 51.1 Å². The lowest BCUT2D eigenvalue weighted by molar-refractivity contribution is -0.136. The first-order valence-corrected chi connectivity index (χ1v) is 12.9. The van der Waals surface area contributed by atoms with Gasteiger partial charge in [-0.2, -0.15) is 0 Å². The zero-order chi connectivity index (χ0) is 20.8. The maximum atomic E-state index is 12.4. The predicted molar refractivity (Wildman–Crippen MR) is 113 cm³/mol. The monoisotopic (exact) mass is 406 g/mol. The summed E-state index contributed by atoms with van der Waals surface area (Å²) in [5.41, 5.74) is 0.941. The molecular weight excluding hydrogens is 372 g/mol. The van der Waals surface area contributed by atoms with E-state index in [1.807, 2.05) is 30.3 Å². The van der Waals surface area contributed by atoms with E-state index in [1.165, 1.54) is 0 Å². The number of hydrogen-bond donors (Lipinski definition) is 1. The Morgan fingerprint density at radius 3 is 2.54 bits per heavy atom. The third kappa shape index (κ3) is 6.63. The molecule has 1 aliphatic rings. The fraction of sp³-hybridized carbons (Fsp3) is 0.619. The van der Waals surface area contributed by atoms with Crippen molar-refractivity contribution in [2.75, 3.05) is 19.6 Å². The van der Waals surface area contributed by atoms with Gasteiger partial charge in [-0.3, -0.25) is 4.79 Å². The number of alkyl carbamates (subject to hydrolysis) is 1. The maximum Gasteiger partial charge on any atom is 0.407 e. The molecule has 0 bridgehead atoms. The van der Waals surface area contributed by atoms with Crippen molar-refractivity contribution in [3.63, 3.8) is 0 Å². The number of nitrogens with zero attached hydrogens (tertiary/aromatic N) is 1. The number of nitrogens with one attached hydrogen (secondary N) is 1. The minimum Gasteiger partial charge on any atom is -0.445 e. The van der Waals surface area contributed by atoms with Crippen LogP contribution in [0.3, 0.4) is 0 Å². The van der Waals surface area contributed by atoms with E-state index in [0.29, 0.717) is 26.1 Å². The van der Waals surface area contributed by atoms with Crippen molar-refractivity contribution < 1.29 is 18.8 Å². The van der Waals surface area contributed by atoms with E-state index in [9.17, 15) is 9.59 Å². The molecule has 1 aromatic rings. The molecule has 0 aromatic heterocycles. The highest BCUT2D eigenvalue weighted by Gasteiger charge is 2.40. The SMILES string of the molecule is CC(C)(C)[Si](C)(C)O[C@@H]1CCN(CCNC(=O)OCc2ccccc2)C(=O)C1. The van der Waals surface area contributed by atoms with Crippen LogP contribution in [0.1, 0.15) is 39.2 Å². The topological polar surface area (TPSA) is 67.9 Å². The van der Waals surface area contributed by atoms with Crippen LogP contribution in [0.2, 0.25) is 18.1 Å². The zero-order valence-electron chi connectivity index (χ0n) is 17.8. The highest BCUT2D eigenvalue weighted by atomic mass is 28.4. The summed E-state index contributed by atoms with van der Waals surface area (Å²) in [7, 11) is -1.87. The maximum absolute atomic E-state index is 12.4. The molecule has 1 saturated heterocycles. The summed E-state index contributed by atoms with van der Waals surface area (Å²) >= 11 is 0. The van der Waals surface area contributed by atoms with Gasteiger partial charge in [-0.05, 0) is 30.1 Å². The van der Waals surface area contributed by atoms with Crippen molar-refractivity contribution in [1.29, 1.82) is 0 Å². The Morgan fingerprint density at radius 2 is 1.93 bits per heavy atom. The molecule has 1 atom stereocenters. The van der Waals surface area contributed by atoms with E-state index in [0.717, 1.165) is 12.0 Å². The van der Waals surface area contributed by atoms with E-state index in [2.05, 4.69) is 39.2 Å². The van der Waals surface area contributed by atoms with Gasteiger partial charge in [0.1, 0.15) is 6.61 Å². The second kappa shape index (κ2) is 9.56. The van der Waals surface area contributed by atoms with Crippen molar-refractivity contribution in [1.82, 2.24) is 10.2 Å². The minimum absolute atomic E-state index is 0.00781.